The molecule has 1 N–H and O–H groups in total. The van der Waals surface area contributed by atoms with Gasteiger partial charge >= 0.3 is 0 Å². The van der Waals surface area contributed by atoms with Gasteiger partial charge in [-0.3, -0.25) is 4.90 Å². The van der Waals surface area contributed by atoms with E-state index in [2.05, 4.69) is 22.0 Å². The van der Waals surface area contributed by atoms with Gasteiger partial charge in [-0.2, -0.15) is 0 Å². The number of aliphatic hydroxyl groups is 1. The van der Waals surface area contributed by atoms with E-state index >= 15 is 0 Å². The summed E-state index contributed by atoms with van der Waals surface area (Å²) < 4.78 is 18.3. The number of rotatable bonds is 8. The molecule has 7 heteroatoms. The number of likely N-dealkylation sites (tertiary alicyclic amines) is 1. The Bertz CT molecular complexity index is 839. The van der Waals surface area contributed by atoms with Gasteiger partial charge in [0.1, 0.15) is 18.0 Å². The zero-order valence-corrected chi connectivity index (χ0v) is 18.2. The molecule has 1 aromatic carbocycles. The summed E-state index contributed by atoms with van der Waals surface area (Å²) in [5.41, 5.74) is 0.357. The van der Waals surface area contributed by atoms with Gasteiger partial charge in [-0.05, 0) is 30.5 Å². The maximum Gasteiger partial charge on any atom is 0.161 e. The average molecular weight is 416 g/mol. The van der Waals surface area contributed by atoms with Gasteiger partial charge < -0.3 is 23.9 Å². The first-order valence-corrected chi connectivity index (χ1v) is 10.8. The number of methoxy groups -OCH3 is 2. The van der Waals surface area contributed by atoms with Crippen LogP contribution in [0.4, 0.5) is 0 Å². The summed E-state index contributed by atoms with van der Waals surface area (Å²) in [6, 6.07) is 6.12. The van der Waals surface area contributed by atoms with E-state index in [0.717, 1.165) is 49.8 Å². The number of hydrogen-bond donors (Lipinski definition) is 1. The summed E-state index contributed by atoms with van der Waals surface area (Å²) in [6.45, 7) is 3.61. The SMILES string of the molecule is COCCOc1ccc(CN2C[C@H]3CCC[C@H](C2)C3(O)c2nccn2C)cc1OC. The first kappa shape index (κ1) is 21.2. The molecule has 164 valence electrons. The topological polar surface area (TPSA) is 69.0 Å². The number of benzene rings is 1. The number of imidazole rings is 1. The fourth-order valence-electron chi connectivity index (χ4n) is 5.21. The van der Waals surface area contributed by atoms with Gasteiger partial charge in [0.15, 0.2) is 11.5 Å². The highest BCUT2D eigenvalue weighted by atomic mass is 16.5. The van der Waals surface area contributed by atoms with E-state index in [1.807, 2.05) is 23.9 Å². The lowest BCUT2D eigenvalue weighted by Crippen LogP contribution is -2.58. The lowest BCUT2D eigenvalue weighted by Gasteiger charge is -2.52. The molecule has 1 saturated carbocycles. The van der Waals surface area contributed by atoms with Crippen molar-refractivity contribution in [1.29, 1.82) is 0 Å². The quantitative estimate of drug-likeness (QED) is 0.669. The minimum atomic E-state index is -0.830. The Morgan fingerprint density at radius 1 is 1.13 bits per heavy atom. The molecule has 2 aromatic rings. The first-order chi connectivity index (χ1) is 14.6. The zero-order chi connectivity index (χ0) is 21.1. The predicted molar refractivity (Wildman–Crippen MR) is 114 cm³/mol. The highest BCUT2D eigenvalue weighted by Gasteiger charge is 2.53. The molecule has 1 aromatic heterocycles. The van der Waals surface area contributed by atoms with Crippen molar-refractivity contribution in [2.75, 3.05) is 40.5 Å². The van der Waals surface area contributed by atoms with Crippen molar-refractivity contribution in [2.45, 2.75) is 31.4 Å². The average Bonchev–Trinajstić information content (AvgIpc) is 3.16. The summed E-state index contributed by atoms with van der Waals surface area (Å²) in [6.07, 6.45) is 6.96. The van der Waals surface area contributed by atoms with E-state index in [0.29, 0.717) is 13.2 Å². The monoisotopic (exact) mass is 415 g/mol. The Hall–Kier alpha value is -2.09. The normalized spacial score (nSPS) is 26.5. The molecule has 1 aliphatic heterocycles. The molecule has 0 amide bonds. The van der Waals surface area contributed by atoms with Crippen molar-refractivity contribution >= 4 is 0 Å². The molecule has 1 aliphatic carbocycles. The summed E-state index contributed by atoms with van der Waals surface area (Å²) in [5.74, 6) is 2.69. The Balaban J connectivity index is 1.48. The molecule has 2 bridgehead atoms. The van der Waals surface area contributed by atoms with Gasteiger partial charge in [0, 0.05) is 58.0 Å². The molecule has 2 heterocycles. The van der Waals surface area contributed by atoms with Gasteiger partial charge in [-0.15, -0.1) is 0 Å². The third-order valence-corrected chi connectivity index (χ3v) is 6.67. The van der Waals surface area contributed by atoms with Crippen molar-refractivity contribution in [3.05, 3.63) is 42.0 Å². The van der Waals surface area contributed by atoms with Crippen LogP contribution in [0.25, 0.3) is 0 Å². The van der Waals surface area contributed by atoms with Crippen LogP contribution in [0.15, 0.2) is 30.6 Å². The number of piperidine rings is 1. The number of fused-ring (bicyclic) bond motifs is 2. The van der Waals surface area contributed by atoms with Crippen LogP contribution in [0.2, 0.25) is 0 Å². The van der Waals surface area contributed by atoms with Crippen molar-refractivity contribution in [3.63, 3.8) is 0 Å². The predicted octanol–water partition coefficient (Wildman–Crippen LogP) is 2.57. The minimum absolute atomic E-state index is 0.199. The molecular weight excluding hydrogens is 382 g/mol. The summed E-state index contributed by atoms with van der Waals surface area (Å²) in [4.78, 5) is 6.99. The van der Waals surface area contributed by atoms with E-state index in [9.17, 15) is 5.11 Å². The minimum Gasteiger partial charge on any atom is -0.493 e. The van der Waals surface area contributed by atoms with Crippen LogP contribution in [-0.2, 0) is 23.9 Å². The third kappa shape index (κ3) is 3.94. The second kappa shape index (κ2) is 8.96. The van der Waals surface area contributed by atoms with Crippen molar-refractivity contribution in [2.24, 2.45) is 18.9 Å². The number of ether oxygens (including phenoxy) is 3. The third-order valence-electron chi connectivity index (χ3n) is 6.67. The zero-order valence-electron chi connectivity index (χ0n) is 18.2. The fraction of sp³-hybridized carbons (Fsp3) is 0.609. The largest absolute Gasteiger partial charge is 0.493 e. The summed E-state index contributed by atoms with van der Waals surface area (Å²) in [7, 11) is 5.30. The van der Waals surface area contributed by atoms with Crippen molar-refractivity contribution in [1.82, 2.24) is 14.5 Å². The molecule has 0 spiro atoms. The lowest BCUT2D eigenvalue weighted by atomic mass is 9.65. The molecule has 0 unspecified atom stereocenters. The van der Waals surface area contributed by atoms with E-state index < -0.39 is 5.60 Å². The van der Waals surface area contributed by atoms with Crippen LogP contribution in [0, 0.1) is 11.8 Å². The Kier molecular flexibility index (Phi) is 6.32. The molecule has 1 saturated heterocycles. The maximum absolute atomic E-state index is 11.7. The molecule has 2 atom stereocenters. The van der Waals surface area contributed by atoms with E-state index in [1.54, 1.807) is 20.4 Å². The lowest BCUT2D eigenvalue weighted by molar-refractivity contribution is -0.155. The number of aryl methyl sites for hydroxylation is 1. The van der Waals surface area contributed by atoms with Crippen molar-refractivity contribution in [3.8, 4) is 11.5 Å². The second-order valence-corrected chi connectivity index (χ2v) is 8.53. The van der Waals surface area contributed by atoms with E-state index in [4.69, 9.17) is 14.2 Å². The molecule has 7 nitrogen and oxygen atoms in total. The highest BCUT2D eigenvalue weighted by Crippen LogP contribution is 2.48. The summed E-state index contributed by atoms with van der Waals surface area (Å²) in [5, 5.41) is 11.7. The van der Waals surface area contributed by atoms with Crippen LogP contribution >= 0.6 is 0 Å². The number of nitrogens with zero attached hydrogens (tertiary/aromatic N) is 3. The smallest absolute Gasteiger partial charge is 0.161 e. The van der Waals surface area contributed by atoms with Gasteiger partial charge in [0.05, 0.1) is 13.7 Å². The van der Waals surface area contributed by atoms with E-state index in [1.165, 1.54) is 12.0 Å². The van der Waals surface area contributed by atoms with Gasteiger partial charge in [0.2, 0.25) is 0 Å². The van der Waals surface area contributed by atoms with Crippen LogP contribution in [0.3, 0.4) is 0 Å². The molecule has 2 aliphatic rings. The Labute approximate surface area is 178 Å². The number of aromatic nitrogens is 2. The fourth-order valence-corrected chi connectivity index (χ4v) is 5.21. The van der Waals surface area contributed by atoms with Crippen LogP contribution < -0.4 is 9.47 Å². The molecule has 0 radical (unpaired) electrons. The standard InChI is InChI=1S/C23H33N3O4/c1-25-10-9-24-22(25)23(27)18-5-4-6-19(23)16-26(15-18)14-17-7-8-20(21(13-17)29-3)30-12-11-28-2/h7-10,13,18-19,27H,4-6,11-12,14-16H2,1-3H3/t18-,19-/m1/s1. The van der Waals surface area contributed by atoms with Gasteiger partial charge in [-0.1, -0.05) is 12.5 Å². The van der Waals surface area contributed by atoms with Gasteiger partial charge in [-0.25, -0.2) is 4.98 Å². The Morgan fingerprint density at radius 3 is 2.53 bits per heavy atom. The molecule has 2 fully saturated rings. The summed E-state index contributed by atoms with van der Waals surface area (Å²) >= 11 is 0. The van der Waals surface area contributed by atoms with Crippen molar-refractivity contribution < 1.29 is 19.3 Å². The number of hydrogen-bond acceptors (Lipinski definition) is 6. The molecule has 4 rings (SSSR count). The van der Waals surface area contributed by atoms with Crippen LogP contribution in [0.5, 0.6) is 11.5 Å². The van der Waals surface area contributed by atoms with Crippen LogP contribution in [0.1, 0.15) is 30.7 Å². The highest BCUT2D eigenvalue weighted by molar-refractivity contribution is 5.43. The van der Waals surface area contributed by atoms with Crippen LogP contribution in [-0.4, -0.2) is 60.1 Å². The molecular formula is C23H33N3O4. The van der Waals surface area contributed by atoms with E-state index in [-0.39, 0.29) is 11.8 Å². The second-order valence-electron chi connectivity index (χ2n) is 8.53. The Morgan fingerprint density at radius 2 is 1.90 bits per heavy atom. The first-order valence-electron chi connectivity index (χ1n) is 10.8. The maximum atomic E-state index is 11.7. The molecule has 30 heavy (non-hydrogen) atoms. The van der Waals surface area contributed by atoms with Gasteiger partial charge in [0.25, 0.3) is 0 Å².